The van der Waals surface area contributed by atoms with Crippen LogP contribution in [0.4, 0.5) is 0 Å². The van der Waals surface area contributed by atoms with Crippen molar-refractivity contribution in [3.63, 3.8) is 0 Å². The summed E-state index contributed by atoms with van der Waals surface area (Å²) in [4.78, 5) is 64.4. The Morgan fingerprint density at radius 3 is 2.13 bits per heavy atom. The van der Waals surface area contributed by atoms with E-state index >= 15 is 0 Å². The number of hydrogen-bond acceptors (Lipinski definition) is 9. The summed E-state index contributed by atoms with van der Waals surface area (Å²) < 4.78 is 0. The molecule has 0 aromatic rings. The second kappa shape index (κ2) is 18.7. The van der Waals surface area contributed by atoms with E-state index in [0.717, 1.165) is 6.92 Å². The van der Waals surface area contributed by atoms with Gasteiger partial charge in [0.05, 0.1) is 6.10 Å². The van der Waals surface area contributed by atoms with Crippen LogP contribution in [0.1, 0.15) is 58.8 Å². The lowest BCUT2D eigenvalue weighted by atomic mass is 10.1. The first-order valence-corrected chi connectivity index (χ1v) is 12.8. The van der Waals surface area contributed by atoms with E-state index in [0.29, 0.717) is 38.6 Å². The number of nitrogens with one attached hydrogen (secondary N) is 2. The molecule has 16 heteroatoms. The lowest BCUT2D eigenvalue weighted by molar-refractivity contribution is -0.145. The Balaban J connectivity index is 0.00000336. The number of hydrogen-bond donors (Lipinski definition) is 9. The van der Waals surface area contributed by atoms with E-state index in [2.05, 4.69) is 15.6 Å². The van der Waals surface area contributed by atoms with E-state index in [1.54, 1.807) is 0 Å². The summed E-state index contributed by atoms with van der Waals surface area (Å²) in [5.41, 5.74) is 21.7. The summed E-state index contributed by atoms with van der Waals surface area (Å²) in [5.74, 6) is -3.89. The third-order valence-electron chi connectivity index (χ3n) is 5.78. The zero-order chi connectivity index (χ0) is 30.1. The summed E-state index contributed by atoms with van der Waals surface area (Å²) in [5, 5.41) is 31.6. The fourth-order valence-electron chi connectivity index (χ4n) is 3.77. The topological polar surface area (TPSA) is 290 Å². The number of likely N-dealkylation sites (tertiary alicyclic amines) is 1. The van der Waals surface area contributed by atoms with Crippen molar-refractivity contribution in [1.29, 1.82) is 0 Å². The van der Waals surface area contributed by atoms with Crippen LogP contribution < -0.4 is 33.6 Å². The molecule has 13 N–H and O–H groups in total. The zero-order valence-electron chi connectivity index (χ0n) is 22.5. The van der Waals surface area contributed by atoms with Crippen LogP contribution in [-0.4, -0.2) is 106 Å². The quantitative estimate of drug-likeness (QED) is 0.0550. The Hall–Kier alpha value is -3.50. The van der Waals surface area contributed by atoms with Crippen molar-refractivity contribution < 1.29 is 39.3 Å². The smallest absolute Gasteiger partial charge is 0.326 e. The van der Waals surface area contributed by atoms with Crippen LogP contribution in [0, 0.1) is 0 Å². The molecule has 16 nitrogen and oxygen atoms in total. The van der Waals surface area contributed by atoms with E-state index in [1.165, 1.54) is 11.8 Å². The van der Waals surface area contributed by atoms with Gasteiger partial charge in [0.2, 0.25) is 17.7 Å². The molecule has 1 heterocycles. The Kier molecular flexibility index (Phi) is 17.0. The molecule has 0 saturated carbocycles. The highest BCUT2D eigenvalue weighted by atomic mass is 16.4. The average Bonchev–Trinajstić information content (AvgIpc) is 3.33. The molecule has 0 aromatic heterocycles. The molecule has 5 atom stereocenters. The number of aliphatic hydroxyl groups excluding tert-OH is 1. The second-order valence-electron chi connectivity index (χ2n) is 9.17. The van der Waals surface area contributed by atoms with E-state index in [1.807, 2.05) is 0 Å². The summed E-state index contributed by atoms with van der Waals surface area (Å²) in [6.07, 6.45) is 1.69. The largest absolute Gasteiger partial charge is 0.481 e. The van der Waals surface area contributed by atoms with E-state index < -0.39 is 59.9 Å². The number of unbranched alkanes of at least 4 members (excludes halogenated alkanes) is 1. The monoisotopic (exact) mass is 560 g/mol. The van der Waals surface area contributed by atoms with Crippen LogP contribution in [-0.2, 0) is 24.0 Å². The number of nitrogens with zero attached hydrogens (tertiary/aromatic N) is 2. The first-order valence-electron chi connectivity index (χ1n) is 12.8. The molecule has 1 aliphatic rings. The second-order valence-corrected chi connectivity index (χ2v) is 9.17. The molecule has 0 spiro atoms. The van der Waals surface area contributed by atoms with Crippen LogP contribution >= 0.6 is 0 Å². The maximum Gasteiger partial charge on any atom is 0.326 e. The van der Waals surface area contributed by atoms with E-state index in [-0.39, 0.29) is 31.9 Å². The Bertz CT molecular complexity index is 846. The van der Waals surface area contributed by atoms with Gasteiger partial charge in [0.25, 0.3) is 5.97 Å². The molecule has 1 rings (SSSR count). The normalized spacial score (nSPS) is 17.5. The predicted octanol–water partition coefficient (Wildman–Crippen LogP) is -2.99. The van der Waals surface area contributed by atoms with Crippen molar-refractivity contribution in [3.8, 4) is 0 Å². The molecule has 0 aromatic carbocycles. The van der Waals surface area contributed by atoms with Crippen LogP contribution in [0.5, 0.6) is 0 Å². The van der Waals surface area contributed by atoms with E-state index in [9.17, 15) is 29.4 Å². The minimum atomic E-state index is -1.22. The highest BCUT2D eigenvalue weighted by Crippen LogP contribution is 2.20. The molecule has 3 amide bonds. The van der Waals surface area contributed by atoms with Crippen LogP contribution in [0.25, 0.3) is 0 Å². The van der Waals surface area contributed by atoms with Crippen LogP contribution in [0.15, 0.2) is 4.99 Å². The molecule has 0 bridgehead atoms. The van der Waals surface area contributed by atoms with Gasteiger partial charge in [-0.2, -0.15) is 0 Å². The highest BCUT2D eigenvalue weighted by Gasteiger charge is 2.39. The molecule has 5 unspecified atom stereocenters. The van der Waals surface area contributed by atoms with Gasteiger partial charge in [-0.1, -0.05) is 0 Å². The average molecular weight is 561 g/mol. The van der Waals surface area contributed by atoms with Gasteiger partial charge in [-0.25, -0.2) is 4.79 Å². The number of carboxylic acid groups (broad SMARTS) is 2. The predicted molar refractivity (Wildman–Crippen MR) is 142 cm³/mol. The first-order chi connectivity index (χ1) is 18.2. The number of amides is 3. The van der Waals surface area contributed by atoms with Gasteiger partial charge in [0, 0.05) is 20.0 Å². The summed E-state index contributed by atoms with van der Waals surface area (Å²) >= 11 is 0. The van der Waals surface area contributed by atoms with E-state index in [4.69, 9.17) is 32.8 Å². The molecule has 1 fully saturated rings. The molecular weight excluding hydrogens is 516 g/mol. The van der Waals surface area contributed by atoms with Gasteiger partial charge < -0.3 is 53.8 Å². The fraction of sp³-hybridized carbons (Fsp3) is 0.739. The van der Waals surface area contributed by atoms with Crippen molar-refractivity contribution in [2.45, 2.75) is 89.1 Å². The fourth-order valence-corrected chi connectivity index (χ4v) is 3.77. The first kappa shape index (κ1) is 35.5. The highest BCUT2D eigenvalue weighted by molar-refractivity contribution is 5.94. The lowest BCUT2D eigenvalue weighted by Crippen LogP contribution is -2.57. The van der Waals surface area contributed by atoms with Crippen molar-refractivity contribution in [2.24, 2.45) is 27.9 Å². The SMILES string of the molecule is CC(=O)O.CC(O)C(N)C(=O)NC(CCCCN)C(=O)N1CCCC1C(=O)NC(CCCN=C(N)N)C(=O)O. The molecule has 39 heavy (non-hydrogen) atoms. The maximum atomic E-state index is 13.3. The van der Waals surface area contributed by atoms with Crippen molar-refractivity contribution >= 4 is 35.6 Å². The lowest BCUT2D eigenvalue weighted by Gasteiger charge is -2.30. The summed E-state index contributed by atoms with van der Waals surface area (Å²) in [7, 11) is 0. The minimum Gasteiger partial charge on any atom is -0.481 e. The number of aliphatic hydroxyl groups is 1. The molecule has 1 aliphatic heterocycles. The summed E-state index contributed by atoms with van der Waals surface area (Å²) in [6, 6.07) is -4.21. The standard InChI is InChI=1S/C21H40N8O6.C2H4O2/c1-12(30)16(23)18(32)27-13(6-2-3-9-22)19(33)29-11-5-8-15(29)17(31)28-14(20(34)35)7-4-10-26-21(24)25;1-2(3)4/h12-16,30H,2-11,22-23H2,1H3,(H,27,32)(H,28,31)(H,34,35)(H4,24,25,26);1H3,(H,3,4). The van der Waals surface area contributed by atoms with Gasteiger partial charge in [-0.3, -0.25) is 24.2 Å². The number of rotatable bonds is 15. The van der Waals surface area contributed by atoms with Gasteiger partial charge in [-0.15, -0.1) is 0 Å². The number of nitrogens with two attached hydrogens (primary N) is 4. The number of aliphatic imine (C=N–C) groups is 1. The number of guanidine groups is 1. The minimum absolute atomic E-state index is 0.105. The van der Waals surface area contributed by atoms with Crippen LogP contribution in [0.2, 0.25) is 0 Å². The molecule has 224 valence electrons. The Labute approximate surface area is 227 Å². The third kappa shape index (κ3) is 14.3. The zero-order valence-corrected chi connectivity index (χ0v) is 22.5. The number of carbonyl (C=O) groups excluding carboxylic acids is 3. The molecule has 1 saturated heterocycles. The Morgan fingerprint density at radius 2 is 1.62 bits per heavy atom. The summed E-state index contributed by atoms with van der Waals surface area (Å²) in [6.45, 7) is 3.36. The third-order valence-corrected chi connectivity index (χ3v) is 5.78. The number of aliphatic carboxylic acids is 2. The van der Waals surface area contributed by atoms with Crippen molar-refractivity contribution in [1.82, 2.24) is 15.5 Å². The Morgan fingerprint density at radius 1 is 1.03 bits per heavy atom. The van der Waals surface area contributed by atoms with Gasteiger partial charge in [-0.05, 0) is 58.4 Å². The van der Waals surface area contributed by atoms with Crippen molar-refractivity contribution in [2.75, 3.05) is 19.6 Å². The number of carbonyl (C=O) groups is 5. The van der Waals surface area contributed by atoms with Crippen LogP contribution in [0.3, 0.4) is 0 Å². The van der Waals surface area contributed by atoms with Gasteiger partial charge in [0.15, 0.2) is 5.96 Å². The number of carboxylic acids is 2. The molecular formula is C23H44N8O8. The maximum absolute atomic E-state index is 13.3. The van der Waals surface area contributed by atoms with Gasteiger partial charge >= 0.3 is 5.97 Å². The van der Waals surface area contributed by atoms with Gasteiger partial charge in [0.1, 0.15) is 24.2 Å². The molecule has 0 aliphatic carbocycles. The van der Waals surface area contributed by atoms with Crippen molar-refractivity contribution in [3.05, 3.63) is 0 Å². The molecule has 0 radical (unpaired) electrons.